The lowest BCUT2D eigenvalue weighted by atomic mass is 9.93. The molecule has 0 unspecified atom stereocenters. The minimum absolute atomic E-state index is 0.229. The molecule has 2 atom stereocenters. The van der Waals surface area contributed by atoms with Crippen LogP contribution in [-0.2, 0) is 27.3 Å². The summed E-state index contributed by atoms with van der Waals surface area (Å²) < 4.78 is 5.10. The zero-order valence-electron chi connectivity index (χ0n) is 17.8. The number of amides is 5. The van der Waals surface area contributed by atoms with Crippen LogP contribution in [0.1, 0.15) is 17.5 Å². The van der Waals surface area contributed by atoms with Gasteiger partial charge in [0.25, 0.3) is 5.91 Å². The number of likely N-dealkylation sites (N-methyl/N-ethyl adjacent to an activating group) is 1. The molecule has 0 spiro atoms. The number of nitrogens with one attached hydrogen (secondary N) is 2. The van der Waals surface area contributed by atoms with Crippen LogP contribution in [0.3, 0.4) is 0 Å². The zero-order chi connectivity index (χ0) is 22.8. The molecule has 0 saturated carbocycles. The molecule has 2 aromatic carbocycles. The van der Waals surface area contributed by atoms with Gasteiger partial charge in [0.2, 0.25) is 11.8 Å². The van der Waals surface area contributed by atoms with Crippen LogP contribution in [-0.4, -0.2) is 54.9 Å². The Morgan fingerprint density at radius 1 is 1.09 bits per heavy atom. The molecule has 2 aliphatic rings. The van der Waals surface area contributed by atoms with Gasteiger partial charge in [-0.15, -0.1) is 0 Å². The molecule has 0 bridgehead atoms. The number of urea groups is 1. The monoisotopic (exact) mass is 436 g/mol. The van der Waals surface area contributed by atoms with Gasteiger partial charge in [0.15, 0.2) is 0 Å². The lowest BCUT2D eigenvalue weighted by Gasteiger charge is -2.36. The summed E-state index contributed by atoms with van der Waals surface area (Å²) in [7, 11) is 3.05. The van der Waals surface area contributed by atoms with Crippen molar-refractivity contribution in [3.05, 3.63) is 59.7 Å². The maximum Gasteiger partial charge on any atom is 0.329 e. The van der Waals surface area contributed by atoms with Gasteiger partial charge in [-0.05, 0) is 35.4 Å². The smallest absolute Gasteiger partial charge is 0.329 e. The average Bonchev–Trinajstić information content (AvgIpc) is 3.10. The van der Waals surface area contributed by atoms with Gasteiger partial charge in [0.1, 0.15) is 17.8 Å². The van der Waals surface area contributed by atoms with Gasteiger partial charge in [-0.2, -0.15) is 0 Å². The maximum atomic E-state index is 13.2. The molecule has 5 amide bonds. The number of hydrogen-bond donors (Lipinski definition) is 2. The van der Waals surface area contributed by atoms with Gasteiger partial charge in [0, 0.05) is 20.0 Å². The van der Waals surface area contributed by atoms with Gasteiger partial charge in [-0.25, -0.2) is 9.69 Å². The van der Waals surface area contributed by atoms with Crippen molar-refractivity contribution < 1.29 is 23.9 Å². The van der Waals surface area contributed by atoms with E-state index in [0.717, 1.165) is 16.0 Å². The van der Waals surface area contributed by atoms with Crippen molar-refractivity contribution in [1.29, 1.82) is 0 Å². The van der Waals surface area contributed by atoms with Crippen LogP contribution in [0.2, 0.25) is 0 Å². The summed E-state index contributed by atoms with van der Waals surface area (Å²) in [4.78, 5) is 53.5. The largest absolute Gasteiger partial charge is 0.497 e. The van der Waals surface area contributed by atoms with E-state index in [1.807, 2.05) is 24.3 Å². The van der Waals surface area contributed by atoms with E-state index in [2.05, 4.69) is 10.6 Å². The Labute approximate surface area is 185 Å². The summed E-state index contributed by atoms with van der Waals surface area (Å²) >= 11 is 0. The molecule has 166 valence electrons. The van der Waals surface area contributed by atoms with Gasteiger partial charge in [0.05, 0.1) is 19.2 Å². The molecule has 1 fully saturated rings. The first-order valence-electron chi connectivity index (χ1n) is 10.3. The first-order chi connectivity index (χ1) is 15.4. The highest BCUT2D eigenvalue weighted by Gasteiger charge is 2.42. The van der Waals surface area contributed by atoms with Crippen LogP contribution >= 0.6 is 0 Å². The molecule has 9 nitrogen and oxygen atoms in total. The van der Waals surface area contributed by atoms with E-state index in [4.69, 9.17) is 4.74 Å². The molecule has 1 saturated heterocycles. The number of benzene rings is 2. The number of hydrogen-bond acceptors (Lipinski definition) is 5. The van der Waals surface area contributed by atoms with Gasteiger partial charge >= 0.3 is 6.03 Å². The van der Waals surface area contributed by atoms with Crippen LogP contribution < -0.4 is 20.3 Å². The van der Waals surface area contributed by atoms with Crippen LogP contribution in [0.25, 0.3) is 0 Å². The topological polar surface area (TPSA) is 108 Å². The Morgan fingerprint density at radius 3 is 2.44 bits per heavy atom. The fraction of sp³-hybridized carbons (Fsp3) is 0.304. The average molecular weight is 436 g/mol. The van der Waals surface area contributed by atoms with E-state index in [-0.39, 0.29) is 24.8 Å². The second-order valence-electron chi connectivity index (χ2n) is 7.70. The predicted molar refractivity (Wildman–Crippen MR) is 116 cm³/mol. The van der Waals surface area contributed by atoms with E-state index in [9.17, 15) is 19.2 Å². The van der Waals surface area contributed by atoms with E-state index < -0.39 is 24.0 Å². The minimum atomic E-state index is -1.00. The van der Waals surface area contributed by atoms with E-state index in [0.29, 0.717) is 17.9 Å². The standard InChI is InChI=1S/C23H24N4O5/c1-24-21(29)19-11-14-5-3-4-6-15(14)13-26(19)20(28)12-18-22(30)27(23(31)25-18)16-7-9-17(32-2)10-8-16/h3-10,18-19H,11-13H2,1-2H3,(H,24,29)(H,25,31)/t18-,19-/m0/s1. The van der Waals surface area contributed by atoms with E-state index in [1.165, 1.54) is 19.1 Å². The van der Waals surface area contributed by atoms with Gasteiger partial charge in [-0.1, -0.05) is 24.3 Å². The third-order valence-corrected chi connectivity index (χ3v) is 5.85. The highest BCUT2D eigenvalue weighted by atomic mass is 16.5. The number of methoxy groups -OCH3 is 1. The molecule has 2 aromatic rings. The molecule has 2 N–H and O–H groups in total. The molecule has 2 aliphatic heterocycles. The van der Waals surface area contributed by atoms with Crippen molar-refractivity contribution in [1.82, 2.24) is 15.5 Å². The molecule has 0 radical (unpaired) electrons. The maximum absolute atomic E-state index is 13.2. The van der Waals surface area contributed by atoms with Crippen LogP contribution in [0.5, 0.6) is 5.75 Å². The Bertz CT molecular complexity index is 1070. The molecule has 0 aromatic heterocycles. The second kappa shape index (κ2) is 8.70. The quantitative estimate of drug-likeness (QED) is 0.685. The molecule has 0 aliphatic carbocycles. The number of fused-ring (bicyclic) bond motifs is 1. The fourth-order valence-electron chi connectivity index (χ4n) is 4.12. The van der Waals surface area contributed by atoms with Crippen LogP contribution in [0.4, 0.5) is 10.5 Å². The summed E-state index contributed by atoms with van der Waals surface area (Å²) in [6.07, 6.45) is 0.164. The van der Waals surface area contributed by atoms with E-state index >= 15 is 0 Å². The van der Waals surface area contributed by atoms with E-state index in [1.54, 1.807) is 24.3 Å². The third kappa shape index (κ3) is 3.89. The fourth-order valence-corrected chi connectivity index (χ4v) is 4.12. The highest BCUT2D eigenvalue weighted by Crippen LogP contribution is 2.27. The Kier molecular flexibility index (Phi) is 5.81. The lowest BCUT2D eigenvalue weighted by molar-refractivity contribution is -0.142. The highest BCUT2D eigenvalue weighted by molar-refractivity contribution is 6.22. The minimum Gasteiger partial charge on any atom is -0.497 e. The van der Waals surface area contributed by atoms with Crippen molar-refractivity contribution in [2.24, 2.45) is 0 Å². The number of ether oxygens (including phenoxy) is 1. The summed E-state index contributed by atoms with van der Waals surface area (Å²) in [6, 6.07) is 11.9. The van der Waals surface area contributed by atoms with Crippen LogP contribution in [0.15, 0.2) is 48.5 Å². The summed E-state index contributed by atoms with van der Waals surface area (Å²) in [6.45, 7) is 0.268. The SMILES string of the molecule is CNC(=O)[C@@H]1Cc2ccccc2CN1C(=O)C[C@@H]1NC(=O)N(c2ccc(OC)cc2)C1=O. The number of anilines is 1. The number of rotatable bonds is 5. The number of carbonyl (C=O) groups is 4. The van der Waals surface area contributed by atoms with Crippen molar-refractivity contribution in [3.63, 3.8) is 0 Å². The van der Waals surface area contributed by atoms with Crippen LogP contribution in [0, 0.1) is 0 Å². The lowest BCUT2D eigenvalue weighted by Crippen LogP contribution is -2.53. The Hall–Kier alpha value is -3.88. The first-order valence-corrected chi connectivity index (χ1v) is 10.3. The predicted octanol–water partition coefficient (Wildman–Crippen LogP) is 1.21. The summed E-state index contributed by atoms with van der Waals surface area (Å²) in [5.74, 6) is -0.557. The molecule has 4 rings (SSSR count). The molecular weight excluding hydrogens is 412 g/mol. The van der Waals surface area contributed by atoms with Gasteiger partial charge < -0.3 is 20.3 Å². The number of imide groups is 1. The van der Waals surface area contributed by atoms with Crippen molar-refractivity contribution in [2.45, 2.75) is 31.5 Å². The summed E-state index contributed by atoms with van der Waals surface area (Å²) in [5.41, 5.74) is 2.36. The normalized spacial score (nSPS) is 19.9. The number of nitrogens with zero attached hydrogens (tertiary/aromatic N) is 2. The summed E-state index contributed by atoms with van der Waals surface area (Å²) in [5, 5.41) is 5.20. The molecule has 9 heteroatoms. The molecular formula is C23H24N4O5. The van der Waals surface area contributed by atoms with Crippen molar-refractivity contribution >= 4 is 29.4 Å². The number of carbonyl (C=O) groups excluding carboxylic acids is 4. The second-order valence-corrected chi connectivity index (χ2v) is 7.70. The zero-order valence-corrected chi connectivity index (χ0v) is 17.8. The van der Waals surface area contributed by atoms with Crippen molar-refractivity contribution in [3.8, 4) is 5.75 Å². The third-order valence-electron chi connectivity index (χ3n) is 5.85. The van der Waals surface area contributed by atoms with Gasteiger partial charge in [-0.3, -0.25) is 14.4 Å². The molecule has 32 heavy (non-hydrogen) atoms. The van der Waals surface area contributed by atoms with Crippen molar-refractivity contribution in [2.75, 3.05) is 19.1 Å². The Morgan fingerprint density at radius 2 is 1.78 bits per heavy atom. The molecule has 2 heterocycles. The first kappa shape index (κ1) is 21.4. The Balaban J connectivity index is 1.51.